The molecule has 1 heterocycles. The highest BCUT2D eigenvalue weighted by molar-refractivity contribution is 7.17. The predicted octanol–water partition coefficient (Wildman–Crippen LogP) is 3.70. The predicted molar refractivity (Wildman–Crippen MR) is 105 cm³/mol. The van der Waals surface area contributed by atoms with E-state index in [9.17, 15) is 9.90 Å². The first kappa shape index (κ1) is 17.7. The number of nitrogens with one attached hydrogen (secondary N) is 2. The molecule has 1 amide bonds. The average Bonchev–Trinajstić information content (AvgIpc) is 3.05. The fourth-order valence-corrected chi connectivity index (χ4v) is 3.97. The number of thiophene rings is 1. The molecule has 132 valence electrons. The third kappa shape index (κ3) is 4.11. The van der Waals surface area contributed by atoms with E-state index in [4.69, 9.17) is 0 Å². The van der Waals surface area contributed by atoms with Gasteiger partial charge in [0, 0.05) is 27.4 Å². The summed E-state index contributed by atoms with van der Waals surface area (Å²) in [6, 6.07) is 7.85. The highest BCUT2D eigenvalue weighted by Crippen LogP contribution is 2.31. The molecule has 1 aliphatic rings. The summed E-state index contributed by atoms with van der Waals surface area (Å²) in [5.74, 6) is -0.0290. The lowest BCUT2D eigenvalue weighted by molar-refractivity contribution is -0.121. The van der Waals surface area contributed by atoms with Crippen LogP contribution in [-0.2, 0) is 4.79 Å². The molecule has 0 saturated carbocycles. The van der Waals surface area contributed by atoms with Gasteiger partial charge >= 0.3 is 0 Å². The number of rotatable bonds is 7. The van der Waals surface area contributed by atoms with Crippen molar-refractivity contribution in [2.45, 2.75) is 25.8 Å². The van der Waals surface area contributed by atoms with E-state index in [1.54, 1.807) is 11.3 Å². The van der Waals surface area contributed by atoms with Gasteiger partial charge in [0.2, 0.25) is 5.91 Å². The van der Waals surface area contributed by atoms with Gasteiger partial charge < -0.3 is 15.7 Å². The zero-order chi connectivity index (χ0) is 17.7. The second kappa shape index (κ2) is 7.85. The topological polar surface area (TPSA) is 61.4 Å². The SMILES string of the molecule is C[C@H](Nc1csc2ccccc12)C(=O)NCCC1(CO)C=CC=CC1. The summed E-state index contributed by atoms with van der Waals surface area (Å²) in [5.41, 5.74) is 0.748. The molecule has 0 bridgehead atoms. The molecule has 3 N–H and O–H groups in total. The molecule has 2 atom stereocenters. The zero-order valence-electron chi connectivity index (χ0n) is 14.4. The first-order valence-electron chi connectivity index (χ1n) is 8.59. The van der Waals surface area contributed by atoms with Crippen molar-refractivity contribution >= 4 is 33.0 Å². The molecule has 1 aromatic heterocycles. The van der Waals surface area contributed by atoms with Gasteiger partial charge in [0.25, 0.3) is 0 Å². The first-order chi connectivity index (χ1) is 12.1. The van der Waals surface area contributed by atoms with E-state index in [0.717, 1.165) is 23.9 Å². The number of carbonyl (C=O) groups excluding carboxylic acids is 1. The Hall–Kier alpha value is -2.11. The fraction of sp³-hybridized carbons (Fsp3) is 0.350. The summed E-state index contributed by atoms with van der Waals surface area (Å²) < 4.78 is 1.21. The van der Waals surface area contributed by atoms with Crippen LogP contribution >= 0.6 is 11.3 Å². The van der Waals surface area contributed by atoms with Gasteiger partial charge in [-0.15, -0.1) is 11.3 Å². The van der Waals surface area contributed by atoms with Crippen LogP contribution in [-0.4, -0.2) is 30.2 Å². The Morgan fingerprint density at radius 2 is 2.20 bits per heavy atom. The van der Waals surface area contributed by atoms with Gasteiger partial charge in [-0.3, -0.25) is 4.79 Å². The molecule has 1 aromatic carbocycles. The van der Waals surface area contributed by atoms with Crippen molar-refractivity contribution in [1.82, 2.24) is 5.32 Å². The molecule has 1 unspecified atom stereocenters. The summed E-state index contributed by atoms with van der Waals surface area (Å²) in [5, 5.41) is 19.2. The lowest BCUT2D eigenvalue weighted by Gasteiger charge is -2.29. The Bertz CT molecular complexity index is 796. The second-order valence-electron chi connectivity index (χ2n) is 6.56. The van der Waals surface area contributed by atoms with E-state index in [1.165, 1.54) is 4.70 Å². The number of amides is 1. The molecule has 2 aromatic rings. The third-order valence-electron chi connectivity index (χ3n) is 4.70. The van der Waals surface area contributed by atoms with Crippen LogP contribution < -0.4 is 10.6 Å². The van der Waals surface area contributed by atoms with Gasteiger partial charge in [0.05, 0.1) is 12.3 Å². The van der Waals surface area contributed by atoms with E-state index >= 15 is 0 Å². The summed E-state index contributed by atoms with van der Waals surface area (Å²) in [4.78, 5) is 12.4. The zero-order valence-corrected chi connectivity index (χ0v) is 15.2. The molecule has 4 nitrogen and oxygen atoms in total. The van der Waals surface area contributed by atoms with Crippen molar-refractivity contribution in [2.75, 3.05) is 18.5 Å². The maximum absolute atomic E-state index is 12.4. The number of aliphatic hydroxyl groups excluding tert-OH is 1. The molecule has 0 saturated heterocycles. The lowest BCUT2D eigenvalue weighted by atomic mass is 9.79. The number of hydrogen-bond donors (Lipinski definition) is 3. The molecule has 3 rings (SSSR count). The van der Waals surface area contributed by atoms with E-state index in [-0.39, 0.29) is 24.0 Å². The minimum atomic E-state index is -0.315. The third-order valence-corrected chi connectivity index (χ3v) is 5.67. The van der Waals surface area contributed by atoms with Crippen LogP contribution in [0.25, 0.3) is 10.1 Å². The first-order valence-corrected chi connectivity index (χ1v) is 9.47. The number of benzene rings is 1. The van der Waals surface area contributed by atoms with Crippen molar-refractivity contribution in [1.29, 1.82) is 0 Å². The molecule has 5 heteroatoms. The summed E-state index contributed by atoms with van der Waals surface area (Å²) in [6.45, 7) is 2.51. The van der Waals surface area contributed by atoms with Crippen LogP contribution in [0, 0.1) is 5.41 Å². The Morgan fingerprint density at radius 1 is 1.36 bits per heavy atom. The van der Waals surface area contributed by atoms with Gasteiger partial charge in [-0.25, -0.2) is 0 Å². The minimum absolute atomic E-state index is 0.0290. The summed E-state index contributed by atoms with van der Waals surface area (Å²) >= 11 is 1.67. The molecule has 1 aliphatic carbocycles. The van der Waals surface area contributed by atoms with E-state index < -0.39 is 0 Å². The lowest BCUT2D eigenvalue weighted by Crippen LogP contribution is -2.39. The maximum Gasteiger partial charge on any atom is 0.242 e. The van der Waals surface area contributed by atoms with Gasteiger partial charge in [-0.05, 0) is 25.8 Å². The summed E-state index contributed by atoms with van der Waals surface area (Å²) in [7, 11) is 0. The number of carbonyl (C=O) groups is 1. The van der Waals surface area contributed by atoms with Crippen molar-refractivity contribution in [3.8, 4) is 0 Å². The van der Waals surface area contributed by atoms with Crippen LogP contribution in [0.3, 0.4) is 0 Å². The van der Waals surface area contributed by atoms with Crippen molar-refractivity contribution in [3.05, 3.63) is 53.9 Å². The van der Waals surface area contributed by atoms with E-state index in [2.05, 4.69) is 28.8 Å². The minimum Gasteiger partial charge on any atom is -0.395 e. The van der Waals surface area contributed by atoms with E-state index in [0.29, 0.717) is 6.54 Å². The quantitative estimate of drug-likeness (QED) is 0.709. The Kier molecular flexibility index (Phi) is 5.56. The molecular formula is C20H24N2O2S. The monoisotopic (exact) mass is 356 g/mol. The van der Waals surface area contributed by atoms with Crippen LogP contribution in [0.15, 0.2) is 53.9 Å². The fourth-order valence-electron chi connectivity index (χ4n) is 3.07. The largest absolute Gasteiger partial charge is 0.395 e. The van der Waals surface area contributed by atoms with E-state index in [1.807, 2.05) is 42.7 Å². The van der Waals surface area contributed by atoms with Gasteiger partial charge in [0.15, 0.2) is 0 Å². The second-order valence-corrected chi connectivity index (χ2v) is 7.48. The van der Waals surface area contributed by atoms with Crippen LogP contribution in [0.2, 0.25) is 0 Å². The standard InChI is InChI=1S/C20H24N2O2S/c1-15(22-17-13-25-18-8-4-3-7-16(17)18)19(24)21-12-11-20(14-23)9-5-2-6-10-20/h2-9,13,15,22-23H,10-12,14H2,1H3,(H,21,24)/t15-,20?/m0/s1. The number of anilines is 1. The van der Waals surface area contributed by atoms with Gasteiger partial charge in [-0.1, -0.05) is 42.5 Å². The van der Waals surface area contributed by atoms with Crippen LogP contribution in [0.1, 0.15) is 19.8 Å². The van der Waals surface area contributed by atoms with Gasteiger partial charge in [-0.2, -0.15) is 0 Å². The van der Waals surface area contributed by atoms with Crippen LogP contribution in [0.5, 0.6) is 0 Å². The number of aliphatic hydroxyl groups is 1. The molecule has 0 spiro atoms. The number of fused-ring (bicyclic) bond motifs is 1. The normalized spacial score (nSPS) is 20.6. The molecule has 0 fully saturated rings. The molecule has 0 aliphatic heterocycles. The molecule has 25 heavy (non-hydrogen) atoms. The van der Waals surface area contributed by atoms with Crippen LogP contribution in [0.4, 0.5) is 5.69 Å². The van der Waals surface area contributed by atoms with Crippen molar-refractivity contribution in [3.63, 3.8) is 0 Å². The molecule has 0 radical (unpaired) electrons. The van der Waals surface area contributed by atoms with Crippen molar-refractivity contribution in [2.24, 2.45) is 5.41 Å². The highest BCUT2D eigenvalue weighted by Gasteiger charge is 2.26. The Morgan fingerprint density at radius 3 is 2.96 bits per heavy atom. The Balaban J connectivity index is 1.53. The smallest absolute Gasteiger partial charge is 0.242 e. The number of allylic oxidation sites excluding steroid dienone is 3. The number of hydrogen-bond acceptors (Lipinski definition) is 4. The maximum atomic E-state index is 12.4. The highest BCUT2D eigenvalue weighted by atomic mass is 32.1. The Labute approximate surface area is 152 Å². The van der Waals surface area contributed by atoms with Crippen molar-refractivity contribution < 1.29 is 9.90 Å². The molecular weight excluding hydrogens is 332 g/mol. The van der Waals surface area contributed by atoms with Gasteiger partial charge in [0.1, 0.15) is 6.04 Å². The average molecular weight is 356 g/mol. The summed E-state index contributed by atoms with van der Waals surface area (Å²) in [6.07, 6.45) is 9.59.